The average molecular weight is 263 g/mol. The standard InChI is InChI=1S/C16H25NO2/c1-13(2)9-5-4-8-12-17-15(16(18)19)14-10-6-3-7-11-14/h3,6-7,10-11,13,15,17H,4-5,8-9,12H2,1-2H3,(H,18,19). The summed E-state index contributed by atoms with van der Waals surface area (Å²) < 4.78 is 0. The van der Waals surface area contributed by atoms with Gasteiger partial charge in [0.05, 0.1) is 0 Å². The number of unbranched alkanes of at least 4 members (excludes halogenated alkanes) is 2. The molecule has 0 spiro atoms. The predicted molar refractivity (Wildman–Crippen MR) is 78.1 cm³/mol. The average Bonchev–Trinajstić information content (AvgIpc) is 2.38. The molecule has 1 aromatic rings. The molecular weight excluding hydrogens is 238 g/mol. The van der Waals surface area contributed by atoms with Crippen molar-refractivity contribution in [2.45, 2.75) is 45.6 Å². The van der Waals surface area contributed by atoms with E-state index in [1.165, 1.54) is 12.8 Å². The van der Waals surface area contributed by atoms with Gasteiger partial charge in [0.1, 0.15) is 6.04 Å². The number of aliphatic carboxylic acids is 1. The Kier molecular flexibility index (Phi) is 7.19. The van der Waals surface area contributed by atoms with E-state index in [0.29, 0.717) is 0 Å². The molecule has 0 aliphatic rings. The predicted octanol–water partition coefficient (Wildman–Crippen LogP) is 3.62. The zero-order valence-electron chi connectivity index (χ0n) is 11.9. The Balaban J connectivity index is 2.30. The molecule has 0 radical (unpaired) electrons. The summed E-state index contributed by atoms with van der Waals surface area (Å²) in [7, 11) is 0. The smallest absolute Gasteiger partial charge is 0.325 e. The summed E-state index contributed by atoms with van der Waals surface area (Å²) in [6.45, 7) is 5.21. The second kappa shape index (κ2) is 8.70. The first-order valence-corrected chi connectivity index (χ1v) is 7.12. The number of carbonyl (C=O) groups is 1. The van der Waals surface area contributed by atoms with E-state index in [1.807, 2.05) is 30.3 Å². The van der Waals surface area contributed by atoms with Crippen molar-refractivity contribution in [3.05, 3.63) is 35.9 Å². The zero-order chi connectivity index (χ0) is 14.1. The van der Waals surface area contributed by atoms with Crippen molar-refractivity contribution in [2.75, 3.05) is 6.54 Å². The highest BCUT2D eigenvalue weighted by atomic mass is 16.4. The van der Waals surface area contributed by atoms with Gasteiger partial charge in [-0.05, 0) is 24.4 Å². The molecule has 0 heterocycles. The molecule has 0 saturated heterocycles. The highest BCUT2D eigenvalue weighted by Crippen LogP contribution is 2.13. The van der Waals surface area contributed by atoms with Crippen LogP contribution in [0.2, 0.25) is 0 Å². The monoisotopic (exact) mass is 263 g/mol. The molecule has 0 saturated carbocycles. The number of rotatable bonds is 9. The molecule has 0 fully saturated rings. The molecular formula is C16H25NO2. The third-order valence-corrected chi connectivity index (χ3v) is 3.19. The van der Waals surface area contributed by atoms with Crippen molar-refractivity contribution in [2.24, 2.45) is 5.92 Å². The van der Waals surface area contributed by atoms with Gasteiger partial charge in [0.15, 0.2) is 0 Å². The maximum Gasteiger partial charge on any atom is 0.325 e. The molecule has 3 nitrogen and oxygen atoms in total. The molecule has 0 aromatic heterocycles. The van der Waals surface area contributed by atoms with E-state index in [2.05, 4.69) is 19.2 Å². The van der Waals surface area contributed by atoms with Crippen molar-refractivity contribution in [1.29, 1.82) is 0 Å². The topological polar surface area (TPSA) is 49.3 Å². The molecule has 0 bridgehead atoms. The lowest BCUT2D eigenvalue weighted by atomic mass is 10.0. The number of nitrogens with one attached hydrogen (secondary N) is 1. The SMILES string of the molecule is CC(C)CCCCCNC(C(=O)O)c1ccccc1. The van der Waals surface area contributed by atoms with E-state index in [1.54, 1.807) is 0 Å². The molecule has 0 aliphatic carbocycles. The van der Waals surface area contributed by atoms with Crippen LogP contribution >= 0.6 is 0 Å². The summed E-state index contributed by atoms with van der Waals surface area (Å²) in [4.78, 5) is 11.2. The molecule has 2 N–H and O–H groups in total. The molecule has 3 heteroatoms. The molecule has 1 aromatic carbocycles. The van der Waals surface area contributed by atoms with E-state index >= 15 is 0 Å². The summed E-state index contributed by atoms with van der Waals surface area (Å²) in [5, 5.41) is 12.4. The Morgan fingerprint density at radius 1 is 1.16 bits per heavy atom. The van der Waals surface area contributed by atoms with Gasteiger partial charge in [0, 0.05) is 0 Å². The Bertz CT molecular complexity index is 362. The number of hydrogen-bond donors (Lipinski definition) is 2. The Morgan fingerprint density at radius 2 is 1.84 bits per heavy atom. The number of hydrogen-bond acceptors (Lipinski definition) is 2. The first kappa shape index (κ1) is 15.7. The van der Waals surface area contributed by atoms with E-state index in [4.69, 9.17) is 0 Å². The van der Waals surface area contributed by atoms with Crippen LogP contribution in [0.3, 0.4) is 0 Å². The molecule has 0 amide bonds. The lowest BCUT2D eigenvalue weighted by Gasteiger charge is -2.14. The summed E-state index contributed by atoms with van der Waals surface area (Å²) >= 11 is 0. The van der Waals surface area contributed by atoms with E-state index < -0.39 is 12.0 Å². The van der Waals surface area contributed by atoms with Crippen molar-refractivity contribution in [1.82, 2.24) is 5.32 Å². The fourth-order valence-corrected chi connectivity index (χ4v) is 2.09. The Hall–Kier alpha value is -1.35. The van der Waals surface area contributed by atoms with Gasteiger partial charge in [-0.25, -0.2) is 0 Å². The summed E-state index contributed by atoms with van der Waals surface area (Å²) in [6.07, 6.45) is 4.67. The third-order valence-electron chi connectivity index (χ3n) is 3.19. The van der Waals surface area contributed by atoms with Crippen molar-refractivity contribution in [3.8, 4) is 0 Å². The van der Waals surface area contributed by atoms with E-state index in [-0.39, 0.29) is 0 Å². The van der Waals surface area contributed by atoms with Crippen LogP contribution in [0.4, 0.5) is 0 Å². The molecule has 1 rings (SSSR count). The lowest BCUT2D eigenvalue weighted by Crippen LogP contribution is -2.29. The van der Waals surface area contributed by atoms with Crippen LogP contribution in [0, 0.1) is 5.92 Å². The van der Waals surface area contributed by atoms with Gasteiger partial charge in [0.25, 0.3) is 0 Å². The lowest BCUT2D eigenvalue weighted by molar-refractivity contribution is -0.139. The largest absolute Gasteiger partial charge is 0.480 e. The van der Waals surface area contributed by atoms with Gasteiger partial charge in [0.2, 0.25) is 0 Å². The minimum absolute atomic E-state index is 0.591. The molecule has 0 aliphatic heterocycles. The summed E-state index contributed by atoms with van der Waals surface area (Å²) in [5.74, 6) is -0.0579. The summed E-state index contributed by atoms with van der Waals surface area (Å²) in [5.41, 5.74) is 0.817. The number of benzene rings is 1. The first-order chi connectivity index (χ1) is 9.11. The van der Waals surface area contributed by atoms with Crippen molar-refractivity contribution in [3.63, 3.8) is 0 Å². The zero-order valence-corrected chi connectivity index (χ0v) is 11.9. The first-order valence-electron chi connectivity index (χ1n) is 7.12. The second-order valence-corrected chi connectivity index (χ2v) is 5.38. The van der Waals surface area contributed by atoms with Crippen LogP contribution in [0.25, 0.3) is 0 Å². The van der Waals surface area contributed by atoms with Gasteiger partial charge < -0.3 is 10.4 Å². The van der Waals surface area contributed by atoms with Gasteiger partial charge in [-0.3, -0.25) is 4.79 Å². The fraction of sp³-hybridized carbons (Fsp3) is 0.562. The van der Waals surface area contributed by atoms with Crippen LogP contribution in [0.5, 0.6) is 0 Å². The van der Waals surface area contributed by atoms with Crippen LogP contribution in [0.1, 0.15) is 51.1 Å². The maximum absolute atomic E-state index is 11.2. The fourth-order valence-electron chi connectivity index (χ4n) is 2.09. The van der Waals surface area contributed by atoms with Crippen LogP contribution in [0.15, 0.2) is 30.3 Å². The van der Waals surface area contributed by atoms with Crippen LogP contribution in [-0.2, 0) is 4.79 Å². The van der Waals surface area contributed by atoms with Gasteiger partial charge in [-0.1, -0.05) is 63.4 Å². The van der Waals surface area contributed by atoms with Gasteiger partial charge in [-0.15, -0.1) is 0 Å². The van der Waals surface area contributed by atoms with Crippen LogP contribution in [-0.4, -0.2) is 17.6 Å². The van der Waals surface area contributed by atoms with E-state index in [0.717, 1.165) is 30.9 Å². The van der Waals surface area contributed by atoms with Gasteiger partial charge >= 0.3 is 5.97 Å². The highest BCUT2D eigenvalue weighted by Gasteiger charge is 2.17. The molecule has 19 heavy (non-hydrogen) atoms. The minimum Gasteiger partial charge on any atom is -0.480 e. The minimum atomic E-state index is -0.812. The summed E-state index contributed by atoms with van der Waals surface area (Å²) in [6, 6.07) is 8.75. The number of carboxylic acid groups (broad SMARTS) is 1. The number of carboxylic acids is 1. The van der Waals surface area contributed by atoms with Crippen molar-refractivity contribution >= 4 is 5.97 Å². The Labute approximate surface area is 116 Å². The normalized spacial score (nSPS) is 12.6. The van der Waals surface area contributed by atoms with Crippen molar-refractivity contribution < 1.29 is 9.90 Å². The third kappa shape index (κ3) is 6.39. The highest BCUT2D eigenvalue weighted by molar-refractivity contribution is 5.75. The quantitative estimate of drug-likeness (QED) is 0.669. The van der Waals surface area contributed by atoms with E-state index in [9.17, 15) is 9.90 Å². The maximum atomic E-state index is 11.2. The Morgan fingerprint density at radius 3 is 2.42 bits per heavy atom. The molecule has 106 valence electrons. The molecule has 1 atom stereocenters. The molecule has 1 unspecified atom stereocenters. The van der Waals surface area contributed by atoms with Gasteiger partial charge in [-0.2, -0.15) is 0 Å². The second-order valence-electron chi connectivity index (χ2n) is 5.38. The van der Waals surface area contributed by atoms with Crippen LogP contribution < -0.4 is 5.32 Å².